The molecule has 1 N–H and O–H groups in total. The van der Waals surface area contributed by atoms with Crippen LogP contribution >= 0.6 is 27.3 Å². The lowest BCUT2D eigenvalue weighted by molar-refractivity contribution is 1.08. The number of nitrogens with one attached hydrogen (secondary N) is 1. The van der Waals surface area contributed by atoms with Gasteiger partial charge in [0.25, 0.3) is 0 Å². The van der Waals surface area contributed by atoms with Crippen molar-refractivity contribution >= 4 is 33.1 Å². The highest BCUT2D eigenvalue weighted by molar-refractivity contribution is 9.10. The summed E-state index contributed by atoms with van der Waals surface area (Å²) in [4.78, 5) is 10.0. The molecule has 0 fully saturated rings. The van der Waals surface area contributed by atoms with E-state index >= 15 is 0 Å². The molecular formula is C11H12BrN3S. The monoisotopic (exact) mass is 297 g/mol. The molecule has 2 rings (SSSR count). The maximum Gasteiger partial charge on any atom is 0.172 e. The Morgan fingerprint density at radius 3 is 2.88 bits per heavy atom. The lowest BCUT2D eigenvalue weighted by Gasteiger charge is -2.05. The van der Waals surface area contributed by atoms with E-state index in [4.69, 9.17) is 0 Å². The fraction of sp³-hybridized carbons (Fsp3) is 0.273. The van der Waals surface area contributed by atoms with Gasteiger partial charge in [-0.1, -0.05) is 0 Å². The molecule has 16 heavy (non-hydrogen) atoms. The normalized spacial score (nSPS) is 10.4. The second-order valence-corrected chi connectivity index (χ2v) is 5.12. The van der Waals surface area contributed by atoms with Crippen LogP contribution in [-0.2, 0) is 0 Å². The fourth-order valence-electron chi connectivity index (χ4n) is 1.40. The molecule has 0 bridgehead atoms. The van der Waals surface area contributed by atoms with Crippen molar-refractivity contribution in [3.05, 3.63) is 27.7 Å². The molecule has 0 atom stereocenters. The second-order valence-electron chi connectivity index (χ2n) is 3.35. The third-order valence-electron chi connectivity index (χ3n) is 2.03. The van der Waals surface area contributed by atoms with Gasteiger partial charge in [-0.3, -0.25) is 0 Å². The number of hydrogen-bond donors (Lipinski definition) is 1. The summed E-state index contributed by atoms with van der Waals surface area (Å²) in [6.07, 6.45) is 0. The van der Waals surface area contributed by atoms with E-state index in [1.54, 1.807) is 11.3 Å². The van der Waals surface area contributed by atoms with Crippen LogP contribution in [0.25, 0.3) is 10.7 Å². The van der Waals surface area contributed by atoms with Gasteiger partial charge in [-0.2, -0.15) is 0 Å². The number of aromatic nitrogens is 2. The van der Waals surface area contributed by atoms with Crippen LogP contribution in [0.5, 0.6) is 0 Å². The minimum absolute atomic E-state index is 0.776. The van der Waals surface area contributed by atoms with Gasteiger partial charge in [0.15, 0.2) is 5.82 Å². The van der Waals surface area contributed by atoms with E-state index in [-0.39, 0.29) is 0 Å². The maximum absolute atomic E-state index is 4.48. The number of hydrogen-bond acceptors (Lipinski definition) is 4. The van der Waals surface area contributed by atoms with Gasteiger partial charge in [0, 0.05) is 22.8 Å². The van der Waals surface area contributed by atoms with Crippen molar-refractivity contribution in [3.8, 4) is 10.7 Å². The van der Waals surface area contributed by atoms with Crippen LogP contribution in [0, 0.1) is 6.92 Å². The zero-order chi connectivity index (χ0) is 11.5. The van der Waals surface area contributed by atoms with E-state index in [0.29, 0.717) is 0 Å². The van der Waals surface area contributed by atoms with E-state index in [1.165, 1.54) is 0 Å². The summed E-state index contributed by atoms with van der Waals surface area (Å²) < 4.78 is 1.05. The zero-order valence-electron chi connectivity index (χ0n) is 9.12. The van der Waals surface area contributed by atoms with E-state index in [0.717, 1.165) is 33.2 Å². The van der Waals surface area contributed by atoms with Crippen molar-refractivity contribution < 1.29 is 0 Å². The van der Waals surface area contributed by atoms with Crippen LogP contribution in [0.1, 0.15) is 12.6 Å². The first-order valence-electron chi connectivity index (χ1n) is 5.03. The van der Waals surface area contributed by atoms with E-state index in [9.17, 15) is 0 Å². The third kappa shape index (κ3) is 2.41. The maximum atomic E-state index is 4.48. The quantitative estimate of drug-likeness (QED) is 0.938. The smallest absolute Gasteiger partial charge is 0.172 e. The Hall–Kier alpha value is -0.940. The Labute approximate surface area is 107 Å². The zero-order valence-corrected chi connectivity index (χ0v) is 11.5. The molecule has 0 saturated heterocycles. The van der Waals surface area contributed by atoms with Crippen molar-refractivity contribution in [1.82, 2.24) is 9.97 Å². The van der Waals surface area contributed by atoms with Gasteiger partial charge >= 0.3 is 0 Å². The molecule has 0 amide bonds. The topological polar surface area (TPSA) is 37.8 Å². The first-order valence-corrected chi connectivity index (χ1v) is 6.71. The summed E-state index contributed by atoms with van der Waals surface area (Å²) in [5.41, 5.74) is 0.973. The molecule has 0 aliphatic carbocycles. The number of thiophene rings is 1. The van der Waals surface area contributed by atoms with Crippen molar-refractivity contribution in [2.24, 2.45) is 0 Å². The Bertz CT molecular complexity index is 496. The van der Waals surface area contributed by atoms with Crippen LogP contribution in [0.4, 0.5) is 5.82 Å². The standard InChI is InChI=1S/C11H12BrN3S/c1-3-13-9-6-7(2)14-11(15-9)10-8(12)4-5-16-10/h4-6H,3H2,1-2H3,(H,13,14,15). The highest BCUT2D eigenvalue weighted by Crippen LogP contribution is 2.31. The summed E-state index contributed by atoms with van der Waals surface area (Å²) in [5, 5.41) is 5.23. The molecule has 5 heteroatoms. The summed E-state index contributed by atoms with van der Waals surface area (Å²) in [6, 6.07) is 3.97. The van der Waals surface area contributed by atoms with Gasteiger partial charge in [0.2, 0.25) is 0 Å². The first kappa shape index (κ1) is 11.5. The van der Waals surface area contributed by atoms with E-state index in [1.807, 2.05) is 24.4 Å². The Morgan fingerprint density at radius 1 is 1.44 bits per heavy atom. The van der Waals surface area contributed by atoms with Crippen LogP contribution in [0.15, 0.2) is 22.0 Å². The molecule has 2 heterocycles. The van der Waals surface area contributed by atoms with Crippen LogP contribution in [-0.4, -0.2) is 16.5 Å². The SMILES string of the molecule is CCNc1cc(C)nc(-c2sccc2Br)n1. The number of rotatable bonds is 3. The lowest BCUT2D eigenvalue weighted by atomic mass is 10.3. The molecule has 0 unspecified atom stereocenters. The van der Waals surface area contributed by atoms with E-state index in [2.05, 4.69) is 38.1 Å². The average molecular weight is 298 g/mol. The molecule has 0 aliphatic heterocycles. The Balaban J connectivity index is 2.45. The molecular weight excluding hydrogens is 286 g/mol. The molecule has 3 nitrogen and oxygen atoms in total. The van der Waals surface area contributed by atoms with Crippen molar-refractivity contribution in [3.63, 3.8) is 0 Å². The summed E-state index contributed by atoms with van der Waals surface area (Å²) in [6.45, 7) is 4.90. The van der Waals surface area contributed by atoms with Crippen LogP contribution in [0.3, 0.4) is 0 Å². The number of anilines is 1. The van der Waals surface area contributed by atoms with Gasteiger partial charge in [0.05, 0.1) is 4.88 Å². The fourth-order valence-corrected chi connectivity index (χ4v) is 2.88. The van der Waals surface area contributed by atoms with E-state index < -0.39 is 0 Å². The molecule has 0 aliphatic rings. The first-order chi connectivity index (χ1) is 7.70. The highest BCUT2D eigenvalue weighted by Gasteiger charge is 2.09. The summed E-state index contributed by atoms with van der Waals surface area (Å²) in [7, 11) is 0. The minimum Gasteiger partial charge on any atom is -0.370 e. The molecule has 2 aromatic rings. The summed E-state index contributed by atoms with van der Waals surface area (Å²) >= 11 is 5.14. The third-order valence-corrected chi connectivity index (χ3v) is 3.87. The molecule has 0 radical (unpaired) electrons. The van der Waals surface area contributed by atoms with Gasteiger partial charge in [-0.15, -0.1) is 11.3 Å². The molecule has 84 valence electrons. The number of halogens is 1. The van der Waals surface area contributed by atoms with Crippen molar-refractivity contribution in [2.45, 2.75) is 13.8 Å². The van der Waals surface area contributed by atoms with Crippen molar-refractivity contribution in [2.75, 3.05) is 11.9 Å². The second kappa shape index (κ2) is 4.93. The highest BCUT2D eigenvalue weighted by atomic mass is 79.9. The number of nitrogens with zero attached hydrogens (tertiary/aromatic N) is 2. The predicted octanol–water partition coefficient (Wildman–Crippen LogP) is 3.71. The van der Waals surface area contributed by atoms with Crippen molar-refractivity contribution in [1.29, 1.82) is 0 Å². The molecule has 0 saturated carbocycles. The average Bonchev–Trinajstić information content (AvgIpc) is 2.64. The lowest BCUT2D eigenvalue weighted by Crippen LogP contribution is -2.02. The summed E-state index contributed by atoms with van der Waals surface area (Å²) in [5.74, 6) is 1.66. The van der Waals surface area contributed by atoms with Crippen LogP contribution < -0.4 is 5.32 Å². The van der Waals surface area contributed by atoms with Gasteiger partial charge < -0.3 is 5.32 Å². The molecule has 0 aromatic carbocycles. The largest absolute Gasteiger partial charge is 0.370 e. The number of aryl methyl sites for hydroxylation is 1. The van der Waals surface area contributed by atoms with Gasteiger partial charge in [-0.25, -0.2) is 9.97 Å². The Kier molecular flexibility index (Phi) is 3.56. The minimum atomic E-state index is 0.776. The predicted molar refractivity (Wildman–Crippen MR) is 71.9 cm³/mol. The van der Waals surface area contributed by atoms with Gasteiger partial charge in [0.1, 0.15) is 5.82 Å². The molecule has 0 spiro atoms. The van der Waals surface area contributed by atoms with Gasteiger partial charge in [-0.05, 0) is 41.2 Å². The molecule has 2 aromatic heterocycles. The Morgan fingerprint density at radius 2 is 2.25 bits per heavy atom. The van der Waals surface area contributed by atoms with Crippen LogP contribution in [0.2, 0.25) is 0 Å².